The summed E-state index contributed by atoms with van der Waals surface area (Å²) < 4.78 is 0. The number of nitrogens with zero attached hydrogens (tertiary/aromatic N) is 1. The van der Waals surface area contributed by atoms with E-state index < -0.39 is 5.97 Å². The smallest absolute Gasteiger partial charge is 0.306 e. The van der Waals surface area contributed by atoms with Gasteiger partial charge in [-0.3, -0.25) is 9.59 Å². The zero-order chi connectivity index (χ0) is 15.7. The largest absolute Gasteiger partial charge is 0.481 e. The van der Waals surface area contributed by atoms with Crippen molar-refractivity contribution in [2.24, 2.45) is 11.8 Å². The van der Waals surface area contributed by atoms with E-state index in [1.54, 1.807) is 0 Å². The molecule has 0 bridgehead atoms. The van der Waals surface area contributed by atoms with Gasteiger partial charge in [0, 0.05) is 17.5 Å². The van der Waals surface area contributed by atoms with Crippen molar-refractivity contribution < 1.29 is 14.7 Å². The lowest BCUT2D eigenvalue weighted by atomic mass is 10.0. The number of carbonyl (C=O) groups is 2. The minimum atomic E-state index is -0.778. The van der Waals surface area contributed by atoms with E-state index in [1.807, 2.05) is 29.2 Å². The molecule has 1 aromatic rings. The van der Waals surface area contributed by atoms with Crippen LogP contribution in [0.4, 0.5) is 0 Å². The fraction of sp³-hybridized carbons (Fsp3) is 0.529. The predicted molar refractivity (Wildman–Crippen MR) is 83.6 cm³/mol. The highest BCUT2D eigenvalue weighted by Crippen LogP contribution is 2.39. The Labute approximate surface area is 135 Å². The van der Waals surface area contributed by atoms with E-state index >= 15 is 0 Å². The van der Waals surface area contributed by atoms with Crippen molar-refractivity contribution >= 4 is 23.5 Å². The van der Waals surface area contributed by atoms with Crippen molar-refractivity contribution in [1.82, 2.24) is 4.90 Å². The van der Waals surface area contributed by atoms with E-state index in [-0.39, 0.29) is 23.8 Å². The van der Waals surface area contributed by atoms with E-state index in [0.29, 0.717) is 24.3 Å². The zero-order valence-corrected chi connectivity index (χ0v) is 13.1. The lowest BCUT2D eigenvalue weighted by Crippen LogP contribution is -2.35. The number of benzene rings is 1. The maximum atomic E-state index is 12.8. The molecule has 1 aliphatic carbocycles. The Morgan fingerprint density at radius 1 is 1.14 bits per heavy atom. The van der Waals surface area contributed by atoms with Gasteiger partial charge < -0.3 is 10.0 Å². The Morgan fingerprint density at radius 2 is 1.86 bits per heavy atom. The van der Waals surface area contributed by atoms with Crippen LogP contribution in [0.15, 0.2) is 24.3 Å². The molecule has 1 N–H and O–H groups in total. The van der Waals surface area contributed by atoms with Crippen molar-refractivity contribution in [2.75, 3.05) is 6.54 Å². The molecule has 2 aliphatic rings. The summed E-state index contributed by atoms with van der Waals surface area (Å²) in [6.07, 6.45) is 3.65. The Hall–Kier alpha value is -1.55. The fourth-order valence-electron chi connectivity index (χ4n) is 3.76. The number of carboxylic acid groups (broad SMARTS) is 1. The van der Waals surface area contributed by atoms with Gasteiger partial charge in [0.05, 0.1) is 12.0 Å². The van der Waals surface area contributed by atoms with E-state index in [0.717, 1.165) is 24.9 Å². The number of hydrogen-bond donors (Lipinski definition) is 1. The number of carbonyl (C=O) groups excluding carboxylic acids is 1. The molecule has 2 fully saturated rings. The topological polar surface area (TPSA) is 57.6 Å². The molecule has 0 radical (unpaired) electrons. The molecule has 22 heavy (non-hydrogen) atoms. The molecule has 1 amide bonds. The van der Waals surface area contributed by atoms with Gasteiger partial charge in [0.2, 0.25) is 5.91 Å². The molecule has 5 heteroatoms. The molecular formula is C17H20ClNO3. The van der Waals surface area contributed by atoms with Crippen LogP contribution in [0.3, 0.4) is 0 Å². The Morgan fingerprint density at radius 3 is 2.55 bits per heavy atom. The second-order valence-corrected chi connectivity index (χ2v) is 6.66. The van der Waals surface area contributed by atoms with Crippen molar-refractivity contribution in [2.45, 2.75) is 38.1 Å². The van der Waals surface area contributed by atoms with Crippen LogP contribution in [0.25, 0.3) is 0 Å². The van der Waals surface area contributed by atoms with Gasteiger partial charge in [0.15, 0.2) is 0 Å². The van der Waals surface area contributed by atoms with Gasteiger partial charge in [-0.2, -0.15) is 0 Å². The third-order valence-corrected chi connectivity index (χ3v) is 5.28. The summed E-state index contributed by atoms with van der Waals surface area (Å²) in [7, 11) is 0. The zero-order valence-electron chi connectivity index (χ0n) is 12.4. The molecule has 118 valence electrons. The minimum Gasteiger partial charge on any atom is -0.481 e. The van der Waals surface area contributed by atoms with Crippen LogP contribution >= 0.6 is 11.6 Å². The number of carboxylic acids is 1. The molecule has 1 aromatic carbocycles. The van der Waals surface area contributed by atoms with Crippen molar-refractivity contribution in [3.63, 3.8) is 0 Å². The number of amides is 1. The number of aliphatic carboxylic acids is 1. The lowest BCUT2D eigenvalue weighted by molar-refractivity contribution is -0.141. The van der Waals surface area contributed by atoms with Crippen molar-refractivity contribution in [3.8, 4) is 0 Å². The minimum absolute atomic E-state index is 0.0325. The second kappa shape index (κ2) is 6.29. The predicted octanol–water partition coefficient (Wildman–Crippen LogP) is 3.50. The maximum Gasteiger partial charge on any atom is 0.306 e. The van der Waals surface area contributed by atoms with E-state index in [4.69, 9.17) is 16.7 Å². The van der Waals surface area contributed by atoms with Gasteiger partial charge in [0.25, 0.3) is 0 Å². The maximum absolute atomic E-state index is 12.8. The van der Waals surface area contributed by atoms with Crippen molar-refractivity contribution in [3.05, 3.63) is 34.9 Å². The number of likely N-dealkylation sites (tertiary alicyclic amines) is 1. The van der Waals surface area contributed by atoms with Gasteiger partial charge in [0.1, 0.15) is 0 Å². The Kier molecular flexibility index (Phi) is 4.39. The molecule has 1 unspecified atom stereocenters. The van der Waals surface area contributed by atoms with Crippen LogP contribution in [0.5, 0.6) is 0 Å². The van der Waals surface area contributed by atoms with E-state index in [2.05, 4.69) is 0 Å². The van der Waals surface area contributed by atoms with Gasteiger partial charge in [-0.25, -0.2) is 0 Å². The monoisotopic (exact) mass is 321 g/mol. The first-order valence-electron chi connectivity index (χ1n) is 7.85. The summed E-state index contributed by atoms with van der Waals surface area (Å²) in [6.45, 7) is 0.739. The standard InChI is InChI=1S/C17H20ClNO3/c18-14-5-2-1-4-13(14)15-6-3-9-19(15)16(20)11-7-8-12(10-11)17(21)22/h1-2,4-5,11-12,15H,3,6-10H2,(H,21,22)/t11-,12+,15?/m0/s1. The van der Waals surface area contributed by atoms with Gasteiger partial charge in [-0.15, -0.1) is 0 Å². The molecular weight excluding hydrogens is 302 g/mol. The summed E-state index contributed by atoms with van der Waals surface area (Å²) in [4.78, 5) is 25.8. The molecule has 1 aliphatic heterocycles. The molecule has 0 spiro atoms. The lowest BCUT2D eigenvalue weighted by Gasteiger charge is -2.28. The van der Waals surface area contributed by atoms with Crippen LogP contribution in [0.2, 0.25) is 5.02 Å². The van der Waals surface area contributed by atoms with Gasteiger partial charge in [-0.05, 0) is 43.7 Å². The average Bonchev–Trinajstić information content (AvgIpc) is 3.16. The SMILES string of the molecule is O=C(O)[C@@H]1CC[C@H](C(=O)N2CCCC2c2ccccc2Cl)C1. The van der Waals surface area contributed by atoms with Gasteiger partial charge >= 0.3 is 5.97 Å². The van der Waals surface area contributed by atoms with Crippen LogP contribution < -0.4 is 0 Å². The molecule has 3 atom stereocenters. The molecule has 0 aromatic heterocycles. The van der Waals surface area contributed by atoms with Gasteiger partial charge in [-0.1, -0.05) is 29.8 Å². The Balaban J connectivity index is 1.75. The molecule has 4 nitrogen and oxygen atoms in total. The Bertz CT molecular complexity index is 589. The summed E-state index contributed by atoms with van der Waals surface area (Å²) in [5.41, 5.74) is 1.00. The fourth-order valence-corrected chi connectivity index (χ4v) is 4.03. The average molecular weight is 322 g/mol. The third kappa shape index (κ3) is 2.84. The second-order valence-electron chi connectivity index (χ2n) is 6.26. The quantitative estimate of drug-likeness (QED) is 0.927. The summed E-state index contributed by atoms with van der Waals surface area (Å²) in [5, 5.41) is 9.80. The van der Waals surface area contributed by atoms with Crippen LogP contribution in [0.1, 0.15) is 43.7 Å². The first-order valence-corrected chi connectivity index (χ1v) is 8.23. The first kappa shape index (κ1) is 15.3. The van der Waals surface area contributed by atoms with Crippen LogP contribution in [-0.4, -0.2) is 28.4 Å². The highest BCUT2D eigenvalue weighted by molar-refractivity contribution is 6.31. The molecule has 1 saturated heterocycles. The van der Waals surface area contributed by atoms with Crippen LogP contribution in [-0.2, 0) is 9.59 Å². The number of rotatable bonds is 3. The normalized spacial score (nSPS) is 28.0. The first-order chi connectivity index (χ1) is 10.6. The summed E-state index contributed by atoms with van der Waals surface area (Å²) in [6, 6.07) is 7.70. The highest BCUT2D eigenvalue weighted by Gasteiger charge is 2.39. The molecule has 1 saturated carbocycles. The van der Waals surface area contributed by atoms with Crippen LogP contribution in [0, 0.1) is 11.8 Å². The van der Waals surface area contributed by atoms with Crippen molar-refractivity contribution in [1.29, 1.82) is 0 Å². The summed E-state index contributed by atoms with van der Waals surface area (Å²) in [5.74, 6) is -1.19. The van der Waals surface area contributed by atoms with E-state index in [1.165, 1.54) is 0 Å². The molecule has 3 rings (SSSR count). The third-order valence-electron chi connectivity index (χ3n) is 4.93. The number of halogens is 1. The number of hydrogen-bond acceptors (Lipinski definition) is 2. The van der Waals surface area contributed by atoms with E-state index in [9.17, 15) is 9.59 Å². The molecule has 1 heterocycles. The highest BCUT2D eigenvalue weighted by atomic mass is 35.5. The summed E-state index contributed by atoms with van der Waals surface area (Å²) >= 11 is 6.28.